The summed E-state index contributed by atoms with van der Waals surface area (Å²) in [5.74, 6) is -2.76. The minimum Gasteiger partial charge on any atom is -0.320 e. The number of rotatable bonds is 5. The topological polar surface area (TPSA) is 66.5 Å². The van der Waals surface area contributed by atoms with Gasteiger partial charge in [0.05, 0.1) is 11.9 Å². The van der Waals surface area contributed by atoms with Crippen LogP contribution in [0.3, 0.4) is 0 Å². The van der Waals surface area contributed by atoms with Crippen molar-refractivity contribution in [3.05, 3.63) is 58.1 Å². The minimum absolute atomic E-state index is 0.271. The fraction of sp³-hybridized carbons (Fsp3) is 0.188. The number of carbonyl (C=O) groups is 1. The van der Waals surface area contributed by atoms with Gasteiger partial charge in [0.15, 0.2) is 0 Å². The maximum atomic E-state index is 13.6. The van der Waals surface area contributed by atoms with Crippen LogP contribution >= 0.6 is 15.9 Å². The molecule has 0 unspecified atom stereocenters. The quantitative estimate of drug-likeness (QED) is 0.786. The lowest BCUT2D eigenvalue weighted by molar-refractivity contribution is -0.114. The normalized spacial score (nSPS) is 11.2. The summed E-state index contributed by atoms with van der Waals surface area (Å²) >= 11 is 3.31. The molecule has 0 saturated heterocycles. The maximum Gasteiger partial charge on any atom is 0.245 e. The summed E-state index contributed by atoms with van der Waals surface area (Å²) < 4.78 is 52.9. The van der Waals surface area contributed by atoms with Crippen molar-refractivity contribution in [1.82, 2.24) is 0 Å². The average Bonchev–Trinajstić information content (AvgIpc) is 2.50. The molecule has 0 atom stereocenters. The Morgan fingerprint density at radius 2 is 1.80 bits per heavy atom. The van der Waals surface area contributed by atoms with Crippen LogP contribution in [-0.4, -0.2) is 27.1 Å². The number of nitrogens with zero attached hydrogens (tertiary/aromatic N) is 1. The van der Waals surface area contributed by atoms with Crippen LogP contribution in [0.4, 0.5) is 20.2 Å². The van der Waals surface area contributed by atoms with Gasteiger partial charge in [-0.15, -0.1) is 0 Å². The number of sulfonamides is 1. The van der Waals surface area contributed by atoms with E-state index >= 15 is 0 Å². The molecule has 0 aliphatic rings. The van der Waals surface area contributed by atoms with Gasteiger partial charge in [0.1, 0.15) is 23.9 Å². The summed E-state index contributed by atoms with van der Waals surface area (Å²) in [6.07, 6.45) is 0.946. The molecule has 134 valence electrons. The lowest BCUT2D eigenvalue weighted by Crippen LogP contribution is -2.37. The van der Waals surface area contributed by atoms with Crippen molar-refractivity contribution < 1.29 is 22.0 Å². The number of halogens is 3. The Morgan fingerprint density at radius 1 is 1.20 bits per heavy atom. The molecular weight excluding hydrogens is 418 g/mol. The second-order valence-corrected chi connectivity index (χ2v) is 8.11. The van der Waals surface area contributed by atoms with Gasteiger partial charge in [-0.2, -0.15) is 0 Å². The third-order valence-electron chi connectivity index (χ3n) is 3.34. The predicted octanol–water partition coefficient (Wildman–Crippen LogP) is 3.44. The van der Waals surface area contributed by atoms with Crippen molar-refractivity contribution in [2.24, 2.45) is 0 Å². The lowest BCUT2D eigenvalue weighted by atomic mass is 10.2. The number of aryl methyl sites for hydroxylation is 1. The third-order valence-corrected chi connectivity index (χ3v) is 5.37. The van der Waals surface area contributed by atoms with Crippen LogP contribution < -0.4 is 9.62 Å². The van der Waals surface area contributed by atoms with Crippen molar-refractivity contribution in [3.63, 3.8) is 0 Å². The molecular formula is C16H15BrF2N2O3S. The van der Waals surface area contributed by atoms with Crippen LogP contribution in [0, 0.1) is 18.6 Å². The fourth-order valence-corrected chi connectivity index (χ4v) is 3.21. The van der Waals surface area contributed by atoms with E-state index < -0.39 is 39.8 Å². The van der Waals surface area contributed by atoms with Crippen LogP contribution in [0.15, 0.2) is 40.9 Å². The van der Waals surface area contributed by atoms with E-state index in [0.29, 0.717) is 0 Å². The van der Waals surface area contributed by atoms with Gasteiger partial charge >= 0.3 is 0 Å². The largest absolute Gasteiger partial charge is 0.320 e. The van der Waals surface area contributed by atoms with Crippen LogP contribution in [0.25, 0.3) is 0 Å². The van der Waals surface area contributed by atoms with Crippen molar-refractivity contribution in [2.75, 3.05) is 22.4 Å². The van der Waals surface area contributed by atoms with Gasteiger partial charge in [0, 0.05) is 4.47 Å². The van der Waals surface area contributed by atoms with E-state index in [0.717, 1.165) is 38.8 Å². The standard InChI is InChI=1S/C16H15BrF2N2O3S/c1-10-8-11(6-7-12(10)17)21(25(2,23)24)9-15(22)20-16-13(18)4-3-5-14(16)19/h3-8H,9H2,1-2H3,(H,20,22). The van der Waals surface area contributed by atoms with Crippen LogP contribution in [0.2, 0.25) is 0 Å². The molecule has 5 nitrogen and oxygen atoms in total. The number of hydrogen-bond acceptors (Lipinski definition) is 3. The summed E-state index contributed by atoms with van der Waals surface area (Å²) in [5, 5.41) is 2.07. The molecule has 0 heterocycles. The summed E-state index contributed by atoms with van der Waals surface area (Å²) in [4.78, 5) is 12.1. The van der Waals surface area contributed by atoms with E-state index in [2.05, 4.69) is 21.2 Å². The molecule has 0 spiro atoms. The molecule has 2 aromatic carbocycles. The van der Waals surface area contributed by atoms with Gasteiger partial charge in [0.2, 0.25) is 15.9 Å². The molecule has 0 saturated carbocycles. The smallest absolute Gasteiger partial charge is 0.245 e. The Morgan fingerprint density at radius 3 is 2.32 bits per heavy atom. The maximum absolute atomic E-state index is 13.6. The zero-order valence-electron chi connectivity index (χ0n) is 13.4. The number of carbonyl (C=O) groups excluding carboxylic acids is 1. The Hall–Kier alpha value is -2.00. The summed E-state index contributed by atoms with van der Waals surface area (Å²) in [5.41, 5.74) is 0.423. The van der Waals surface area contributed by atoms with Gasteiger partial charge in [-0.25, -0.2) is 17.2 Å². The molecule has 0 aliphatic heterocycles. The molecule has 2 rings (SSSR count). The Bertz CT molecular complexity index is 899. The summed E-state index contributed by atoms with van der Waals surface area (Å²) in [6.45, 7) is 1.15. The Kier molecular flexibility index (Phi) is 5.79. The molecule has 2 aromatic rings. The predicted molar refractivity (Wildman–Crippen MR) is 96.1 cm³/mol. The fourth-order valence-electron chi connectivity index (χ4n) is 2.11. The van der Waals surface area contributed by atoms with E-state index in [-0.39, 0.29) is 5.69 Å². The van der Waals surface area contributed by atoms with Gasteiger partial charge in [0.25, 0.3) is 0 Å². The third kappa shape index (κ3) is 4.76. The van der Waals surface area contributed by atoms with Crippen molar-refractivity contribution in [3.8, 4) is 0 Å². The molecule has 25 heavy (non-hydrogen) atoms. The molecule has 0 bridgehead atoms. The van der Waals surface area contributed by atoms with Crippen LogP contribution in [0.1, 0.15) is 5.56 Å². The zero-order valence-corrected chi connectivity index (χ0v) is 15.8. The monoisotopic (exact) mass is 432 g/mol. The van der Waals surface area contributed by atoms with E-state index in [1.165, 1.54) is 6.07 Å². The number of benzene rings is 2. The Balaban J connectivity index is 2.29. The van der Waals surface area contributed by atoms with Gasteiger partial charge < -0.3 is 5.32 Å². The summed E-state index contributed by atoms with van der Waals surface area (Å²) in [7, 11) is -3.79. The van der Waals surface area contributed by atoms with E-state index in [9.17, 15) is 22.0 Å². The molecule has 1 amide bonds. The molecule has 0 aliphatic carbocycles. The highest BCUT2D eigenvalue weighted by atomic mass is 79.9. The number of hydrogen-bond donors (Lipinski definition) is 1. The highest BCUT2D eigenvalue weighted by Crippen LogP contribution is 2.25. The molecule has 9 heteroatoms. The first-order valence-electron chi connectivity index (χ1n) is 7.07. The lowest BCUT2D eigenvalue weighted by Gasteiger charge is -2.22. The van der Waals surface area contributed by atoms with E-state index in [1.807, 2.05) is 0 Å². The minimum atomic E-state index is -3.79. The average molecular weight is 433 g/mol. The van der Waals surface area contributed by atoms with Crippen molar-refractivity contribution in [1.29, 1.82) is 0 Å². The molecule has 0 fully saturated rings. The van der Waals surface area contributed by atoms with E-state index in [4.69, 9.17) is 0 Å². The van der Waals surface area contributed by atoms with Gasteiger partial charge in [-0.3, -0.25) is 9.10 Å². The Labute approximate surface area is 152 Å². The number of nitrogens with one attached hydrogen (secondary N) is 1. The van der Waals surface area contributed by atoms with Gasteiger partial charge in [-0.05, 0) is 42.8 Å². The zero-order chi connectivity index (χ0) is 18.8. The van der Waals surface area contributed by atoms with Gasteiger partial charge in [-0.1, -0.05) is 22.0 Å². The number of para-hydroxylation sites is 1. The second kappa shape index (κ2) is 7.49. The van der Waals surface area contributed by atoms with Crippen molar-refractivity contribution in [2.45, 2.75) is 6.92 Å². The van der Waals surface area contributed by atoms with Crippen LogP contribution in [0.5, 0.6) is 0 Å². The molecule has 0 aromatic heterocycles. The first-order valence-corrected chi connectivity index (χ1v) is 9.71. The number of anilines is 2. The summed E-state index contributed by atoms with van der Waals surface area (Å²) in [6, 6.07) is 7.90. The highest BCUT2D eigenvalue weighted by Gasteiger charge is 2.22. The molecule has 0 radical (unpaired) electrons. The second-order valence-electron chi connectivity index (χ2n) is 5.35. The first kappa shape index (κ1) is 19.3. The van der Waals surface area contributed by atoms with Crippen molar-refractivity contribution >= 4 is 43.2 Å². The molecule has 1 N–H and O–H groups in total. The van der Waals surface area contributed by atoms with E-state index in [1.54, 1.807) is 19.1 Å². The SMILES string of the molecule is Cc1cc(N(CC(=O)Nc2c(F)cccc2F)S(C)(=O)=O)ccc1Br. The highest BCUT2D eigenvalue weighted by molar-refractivity contribution is 9.10. The first-order chi connectivity index (χ1) is 11.6. The number of amides is 1. The van der Waals surface area contributed by atoms with Crippen LogP contribution in [-0.2, 0) is 14.8 Å².